The SMILES string of the molecule is COCCN1C(=O)C(=O)/C(=C(\O)c2ccc(F)c(C)c2)C1c1cccc2ccccc12. The highest BCUT2D eigenvalue weighted by molar-refractivity contribution is 6.46. The predicted molar refractivity (Wildman–Crippen MR) is 116 cm³/mol. The second-order valence-electron chi connectivity index (χ2n) is 7.52. The van der Waals surface area contributed by atoms with E-state index in [1.807, 2.05) is 42.5 Å². The number of methoxy groups -OCH3 is 1. The van der Waals surface area contributed by atoms with Crippen molar-refractivity contribution >= 4 is 28.2 Å². The number of benzene rings is 3. The van der Waals surface area contributed by atoms with E-state index in [0.717, 1.165) is 16.3 Å². The molecular formula is C25H22FNO4. The molecular weight excluding hydrogens is 397 g/mol. The molecule has 1 heterocycles. The number of halogens is 1. The lowest BCUT2D eigenvalue weighted by Crippen LogP contribution is -2.32. The Labute approximate surface area is 179 Å². The van der Waals surface area contributed by atoms with Gasteiger partial charge in [0, 0.05) is 19.2 Å². The maximum absolute atomic E-state index is 13.8. The number of nitrogens with zero attached hydrogens (tertiary/aromatic N) is 1. The van der Waals surface area contributed by atoms with E-state index in [1.54, 1.807) is 6.92 Å². The van der Waals surface area contributed by atoms with Crippen LogP contribution < -0.4 is 0 Å². The topological polar surface area (TPSA) is 66.8 Å². The number of aliphatic hydroxyl groups excluding tert-OH is 1. The first-order valence-corrected chi connectivity index (χ1v) is 9.95. The van der Waals surface area contributed by atoms with Gasteiger partial charge in [0.25, 0.3) is 11.7 Å². The van der Waals surface area contributed by atoms with Crippen LogP contribution in [-0.2, 0) is 14.3 Å². The molecule has 0 bridgehead atoms. The van der Waals surface area contributed by atoms with Gasteiger partial charge in [0.15, 0.2) is 0 Å². The van der Waals surface area contributed by atoms with Gasteiger partial charge in [0.2, 0.25) is 0 Å². The minimum Gasteiger partial charge on any atom is -0.507 e. The first-order valence-electron chi connectivity index (χ1n) is 9.95. The number of amides is 1. The Bertz CT molecular complexity index is 1210. The van der Waals surface area contributed by atoms with Crippen LogP contribution >= 0.6 is 0 Å². The number of aryl methyl sites for hydroxylation is 1. The van der Waals surface area contributed by atoms with E-state index in [0.29, 0.717) is 5.56 Å². The third-order valence-electron chi connectivity index (χ3n) is 5.63. The van der Waals surface area contributed by atoms with Crippen molar-refractivity contribution in [1.29, 1.82) is 0 Å². The van der Waals surface area contributed by atoms with E-state index in [-0.39, 0.29) is 30.0 Å². The van der Waals surface area contributed by atoms with Crippen molar-refractivity contribution in [1.82, 2.24) is 4.90 Å². The molecule has 158 valence electrons. The zero-order valence-electron chi connectivity index (χ0n) is 17.3. The van der Waals surface area contributed by atoms with Gasteiger partial charge in [-0.25, -0.2) is 4.39 Å². The largest absolute Gasteiger partial charge is 0.507 e. The molecule has 1 aliphatic rings. The summed E-state index contributed by atoms with van der Waals surface area (Å²) in [6, 6.07) is 16.6. The van der Waals surface area contributed by atoms with Gasteiger partial charge in [-0.15, -0.1) is 0 Å². The molecule has 1 aliphatic heterocycles. The third-order valence-corrected chi connectivity index (χ3v) is 5.63. The van der Waals surface area contributed by atoms with Gasteiger partial charge in [-0.2, -0.15) is 0 Å². The van der Waals surface area contributed by atoms with Crippen molar-refractivity contribution in [3.8, 4) is 0 Å². The van der Waals surface area contributed by atoms with Crippen LogP contribution in [-0.4, -0.2) is 42.0 Å². The van der Waals surface area contributed by atoms with Crippen molar-refractivity contribution in [3.63, 3.8) is 0 Å². The number of ketones is 1. The first-order chi connectivity index (χ1) is 14.9. The molecule has 1 unspecified atom stereocenters. The molecule has 1 N–H and O–H groups in total. The summed E-state index contributed by atoms with van der Waals surface area (Å²) in [5.41, 5.74) is 1.34. The van der Waals surface area contributed by atoms with Gasteiger partial charge >= 0.3 is 0 Å². The van der Waals surface area contributed by atoms with Gasteiger partial charge in [-0.3, -0.25) is 9.59 Å². The average Bonchev–Trinajstić information content (AvgIpc) is 3.03. The number of likely N-dealkylation sites (tertiary alicyclic amines) is 1. The Morgan fingerprint density at radius 1 is 1.10 bits per heavy atom. The van der Waals surface area contributed by atoms with Crippen LogP contribution in [0, 0.1) is 12.7 Å². The van der Waals surface area contributed by atoms with Crippen LogP contribution in [0.1, 0.15) is 22.7 Å². The number of carbonyl (C=O) groups excluding carboxylic acids is 2. The van der Waals surface area contributed by atoms with Crippen LogP contribution in [0.2, 0.25) is 0 Å². The van der Waals surface area contributed by atoms with E-state index < -0.39 is 23.5 Å². The highest BCUT2D eigenvalue weighted by atomic mass is 19.1. The van der Waals surface area contributed by atoms with E-state index in [2.05, 4.69) is 0 Å². The zero-order chi connectivity index (χ0) is 22.1. The second kappa shape index (κ2) is 8.32. The smallest absolute Gasteiger partial charge is 0.295 e. The third kappa shape index (κ3) is 3.59. The maximum atomic E-state index is 13.8. The van der Waals surface area contributed by atoms with Crippen LogP contribution in [0.3, 0.4) is 0 Å². The number of rotatable bonds is 5. The predicted octanol–water partition coefficient (Wildman–Crippen LogP) is 4.36. The Hall–Kier alpha value is -3.51. The van der Waals surface area contributed by atoms with Crippen LogP contribution in [0.25, 0.3) is 16.5 Å². The molecule has 6 heteroatoms. The molecule has 1 amide bonds. The van der Waals surface area contributed by atoms with Gasteiger partial charge in [-0.05, 0) is 47.0 Å². The van der Waals surface area contributed by atoms with E-state index in [4.69, 9.17) is 4.74 Å². The molecule has 0 aliphatic carbocycles. The molecule has 4 rings (SSSR count). The molecule has 0 saturated carbocycles. The summed E-state index contributed by atoms with van der Waals surface area (Å²) < 4.78 is 18.9. The summed E-state index contributed by atoms with van der Waals surface area (Å²) in [4.78, 5) is 27.4. The summed E-state index contributed by atoms with van der Waals surface area (Å²) in [5.74, 6) is -2.20. The fourth-order valence-corrected chi connectivity index (χ4v) is 4.06. The lowest BCUT2D eigenvalue weighted by Gasteiger charge is -2.26. The first kappa shape index (κ1) is 20.8. The van der Waals surface area contributed by atoms with Crippen molar-refractivity contribution in [2.75, 3.05) is 20.3 Å². The number of carbonyl (C=O) groups is 2. The van der Waals surface area contributed by atoms with Crippen molar-refractivity contribution in [2.24, 2.45) is 0 Å². The lowest BCUT2D eigenvalue weighted by molar-refractivity contribution is -0.140. The molecule has 3 aromatic carbocycles. The summed E-state index contributed by atoms with van der Waals surface area (Å²) >= 11 is 0. The van der Waals surface area contributed by atoms with Gasteiger partial charge in [-0.1, -0.05) is 42.5 Å². The molecule has 1 fully saturated rings. The standard InChI is InChI=1S/C25H22FNO4/c1-15-14-17(10-11-20(15)26)23(28)21-22(27(12-13-31-2)25(30)24(21)29)19-9-5-7-16-6-3-4-8-18(16)19/h3-11,14,22,28H,12-13H2,1-2H3/b23-21-. The monoisotopic (exact) mass is 419 g/mol. The van der Waals surface area contributed by atoms with Crippen molar-refractivity contribution in [3.05, 3.63) is 88.7 Å². The van der Waals surface area contributed by atoms with Crippen LogP contribution in [0.4, 0.5) is 4.39 Å². The van der Waals surface area contributed by atoms with Gasteiger partial charge < -0.3 is 14.7 Å². The Kier molecular flexibility index (Phi) is 5.57. The minimum atomic E-state index is -0.786. The maximum Gasteiger partial charge on any atom is 0.295 e. The number of hydrogen-bond acceptors (Lipinski definition) is 4. The van der Waals surface area contributed by atoms with E-state index >= 15 is 0 Å². The molecule has 0 spiro atoms. The highest BCUT2D eigenvalue weighted by Crippen LogP contribution is 2.41. The van der Waals surface area contributed by atoms with Crippen LogP contribution in [0.5, 0.6) is 0 Å². The van der Waals surface area contributed by atoms with Crippen molar-refractivity contribution < 1.29 is 23.8 Å². The number of fused-ring (bicyclic) bond motifs is 1. The average molecular weight is 419 g/mol. The Balaban J connectivity index is 1.96. The fourth-order valence-electron chi connectivity index (χ4n) is 4.06. The number of Topliss-reactive ketones (excluding diaryl/α,β-unsaturated/α-hetero) is 1. The zero-order valence-corrected chi connectivity index (χ0v) is 17.3. The summed E-state index contributed by atoms with van der Waals surface area (Å²) in [7, 11) is 1.52. The number of aliphatic hydroxyl groups is 1. The molecule has 5 nitrogen and oxygen atoms in total. The van der Waals surface area contributed by atoms with Gasteiger partial charge in [0.1, 0.15) is 11.6 Å². The number of ether oxygens (including phenoxy) is 1. The number of hydrogen-bond donors (Lipinski definition) is 1. The Morgan fingerprint density at radius 2 is 1.84 bits per heavy atom. The summed E-state index contributed by atoms with van der Waals surface area (Å²) in [6.07, 6.45) is 0. The summed E-state index contributed by atoms with van der Waals surface area (Å²) in [5, 5.41) is 12.9. The molecule has 1 atom stereocenters. The Morgan fingerprint density at radius 3 is 2.58 bits per heavy atom. The normalized spacial score (nSPS) is 18.2. The van der Waals surface area contributed by atoms with Gasteiger partial charge in [0.05, 0.1) is 18.2 Å². The molecule has 0 radical (unpaired) electrons. The van der Waals surface area contributed by atoms with Crippen molar-refractivity contribution in [2.45, 2.75) is 13.0 Å². The molecule has 31 heavy (non-hydrogen) atoms. The van der Waals surface area contributed by atoms with E-state index in [1.165, 1.54) is 30.2 Å². The quantitative estimate of drug-likeness (QED) is 0.379. The molecule has 0 aromatic heterocycles. The van der Waals surface area contributed by atoms with Crippen LogP contribution in [0.15, 0.2) is 66.2 Å². The molecule has 3 aromatic rings. The summed E-state index contributed by atoms with van der Waals surface area (Å²) in [6.45, 7) is 2.00. The fraction of sp³-hybridized carbons (Fsp3) is 0.200. The van der Waals surface area contributed by atoms with E-state index in [9.17, 15) is 19.1 Å². The lowest BCUT2D eigenvalue weighted by atomic mass is 9.91. The highest BCUT2D eigenvalue weighted by Gasteiger charge is 2.46. The molecule has 1 saturated heterocycles. The second-order valence-corrected chi connectivity index (χ2v) is 7.52. The minimum absolute atomic E-state index is 0.0107.